The second-order valence-electron chi connectivity index (χ2n) is 6.33. The summed E-state index contributed by atoms with van der Waals surface area (Å²) in [6, 6.07) is 8.91. The molecule has 0 unspecified atom stereocenters. The third kappa shape index (κ3) is 4.66. The van der Waals surface area contributed by atoms with E-state index in [1.54, 1.807) is 42.7 Å². The van der Waals surface area contributed by atoms with Crippen LogP contribution in [0.15, 0.2) is 53.3 Å². The van der Waals surface area contributed by atoms with E-state index in [9.17, 15) is 9.18 Å². The molecule has 0 spiro atoms. The number of pyridine rings is 1. The predicted octanol–water partition coefficient (Wildman–Crippen LogP) is 3.47. The van der Waals surface area contributed by atoms with Gasteiger partial charge in [-0.2, -0.15) is 4.98 Å². The van der Waals surface area contributed by atoms with Gasteiger partial charge in [-0.15, -0.1) is 0 Å². The van der Waals surface area contributed by atoms with Crippen LogP contribution in [0.5, 0.6) is 0 Å². The summed E-state index contributed by atoms with van der Waals surface area (Å²) in [6.07, 6.45) is 3.28. The molecule has 1 atom stereocenters. The van der Waals surface area contributed by atoms with Gasteiger partial charge in [0.2, 0.25) is 11.7 Å². The fraction of sp³-hybridized carbons (Fsp3) is 0.263. The summed E-state index contributed by atoms with van der Waals surface area (Å²) in [7, 11) is 0. The average Bonchev–Trinajstić information content (AvgIpc) is 3.16. The molecule has 7 nitrogen and oxygen atoms in total. The van der Waals surface area contributed by atoms with E-state index in [1.165, 1.54) is 6.07 Å². The zero-order chi connectivity index (χ0) is 19.2. The zero-order valence-corrected chi connectivity index (χ0v) is 15.0. The first-order valence-electron chi connectivity index (χ1n) is 8.56. The van der Waals surface area contributed by atoms with Crippen LogP contribution in [0.1, 0.15) is 31.3 Å². The summed E-state index contributed by atoms with van der Waals surface area (Å²) in [5, 5.41) is 9.42. The van der Waals surface area contributed by atoms with Crippen LogP contribution in [0, 0.1) is 11.7 Å². The van der Waals surface area contributed by atoms with Gasteiger partial charge in [0.25, 0.3) is 0 Å². The first-order valence-corrected chi connectivity index (χ1v) is 8.56. The SMILES string of the molecule is CC(C)[C@H](NC(=O)NCc1ccccc1F)c1nc(-c2ccncc2)no1. The van der Waals surface area contributed by atoms with Crippen LogP contribution in [-0.2, 0) is 6.54 Å². The number of hydrogen-bond acceptors (Lipinski definition) is 5. The van der Waals surface area contributed by atoms with Gasteiger partial charge in [-0.3, -0.25) is 4.98 Å². The van der Waals surface area contributed by atoms with Crippen LogP contribution < -0.4 is 10.6 Å². The molecule has 0 aliphatic heterocycles. The summed E-state index contributed by atoms with van der Waals surface area (Å²) in [4.78, 5) is 20.6. The van der Waals surface area contributed by atoms with Crippen LogP contribution >= 0.6 is 0 Å². The van der Waals surface area contributed by atoms with Crippen LogP contribution in [0.4, 0.5) is 9.18 Å². The molecule has 0 aliphatic carbocycles. The van der Waals surface area contributed by atoms with Gasteiger partial charge in [-0.1, -0.05) is 37.2 Å². The van der Waals surface area contributed by atoms with Crippen molar-refractivity contribution in [3.8, 4) is 11.4 Å². The highest BCUT2D eigenvalue weighted by Crippen LogP contribution is 2.23. The van der Waals surface area contributed by atoms with E-state index < -0.39 is 12.1 Å². The standard InChI is InChI=1S/C19H20FN5O2/c1-12(2)16(18-24-17(25-27-18)13-7-9-21-10-8-13)23-19(26)22-11-14-5-3-4-6-15(14)20/h3-10,12,16H,11H2,1-2H3,(H2,22,23,26)/t16-/m0/s1. The van der Waals surface area contributed by atoms with Crippen molar-refractivity contribution in [1.29, 1.82) is 0 Å². The van der Waals surface area contributed by atoms with Crippen molar-refractivity contribution in [2.45, 2.75) is 26.4 Å². The van der Waals surface area contributed by atoms with Gasteiger partial charge in [-0.05, 0) is 24.1 Å². The molecule has 2 heterocycles. The lowest BCUT2D eigenvalue weighted by Gasteiger charge is -2.19. The number of nitrogens with zero attached hydrogens (tertiary/aromatic N) is 3. The minimum Gasteiger partial charge on any atom is -0.337 e. The molecular formula is C19H20FN5O2. The Morgan fingerprint density at radius 2 is 1.93 bits per heavy atom. The number of benzene rings is 1. The minimum atomic E-state index is -0.478. The maximum absolute atomic E-state index is 13.7. The van der Waals surface area contributed by atoms with Crippen LogP contribution in [0.3, 0.4) is 0 Å². The highest BCUT2D eigenvalue weighted by molar-refractivity contribution is 5.74. The maximum atomic E-state index is 13.7. The topological polar surface area (TPSA) is 92.9 Å². The fourth-order valence-electron chi connectivity index (χ4n) is 2.50. The number of amides is 2. The van der Waals surface area contributed by atoms with E-state index in [2.05, 4.69) is 25.8 Å². The molecule has 140 valence electrons. The smallest absolute Gasteiger partial charge is 0.315 e. The summed E-state index contributed by atoms with van der Waals surface area (Å²) in [5.74, 6) is 0.372. The average molecular weight is 369 g/mol. The largest absolute Gasteiger partial charge is 0.337 e. The lowest BCUT2D eigenvalue weighted by atomic mass is 10.0. The van der Waals surface area contributed by atoms with Gasteiger partial charge in [0, 0.05) is 30.1 Å². The number of urea groups is 1. The maximum Gasteiger partial charge on any atom is 0.315 e. The molecule has 0 aliphatic rings. The normalized spacial score (nSPS) is 12.0. The zero-order valence-electron chi connectivity index (χ0n) is 15.0. The lowest BCUT2D eigenvalue weighted by molar-refractivity contribution is 0.224. The molecule has 2 aromatic heterocycles. The quantitative estimate of drug-likeness (QED) is 0.694. The number of carbonyl (C=O) groups excluding carboxylic acids is 1. The van der Waals surface area contributed by atoms with E-state index in [0.717, 1.165) is 5.56 Å². The Labute approximate surface area is 156 Å². The van der Waals surface area contributed by atoms with Crippen LogP contribution in [-0.4, -0.2) is 21.2 Å². The summed E-state index contributed by atoms with van der Waals surface area (Å²) >= 11 is 0. The van der Waals surface area contributed by atoms with Crippen LogP contribution in [0.2, 0.25) is 0 Å². The van der Waals surface area contributed by atoms with Crippen molar-refractivity contribution in [3.05, 3.63) is 66.1 Å². The molecular weight excluding hydrogens is 349 g/mol. The molecule has 0 bridgehead atoms. The number of aromatic nitrogens is 3. The molecule has 0 saturated carbocycles. The Morgan fingerprint density at radius 1 is 1.19 bits per heavy atom. The highest BCUT2D eigenvalue weighted by Gasteiger charge is 2.25. The molecule has 0 fully saturated rings. The van der Waals surface area contributed by atoms with Gasteiger partial charge in [0.05, 0.1) is 0 Å². The van der Waals surface area contributed by atoms with E-state index in [4.69, 9.17) is 4.52 Å². The van der Waals surface area contributed by atoms with E-state index in [-0.39, 0.29) is 18.3 Å². The van der Waals surface area contributed by atoms with Crippen molar-refractivity contribution in [3.63, 3.8) is 0 Å². The number of hydrogen-bond donors (Lipinski definition) is 2. The molecule has 1 aromatic carbocycles. The number of rotatable bonds is 6. The molecule has 8 heteroatoms. The number of carbonyl (C=O) groups is 1. The first kappa shape index (κ1) is 18.5. The van der Waals surface area contributed by atoms with Crippen molar-refractivity contribution in [1.82, 2.24) is 25.8 Å². The van der Waals surface area contributed by atoms with Crippen LogP contribution in [0.25, 0.3) is 11.4 Å². The third-order valence-corrected chi connectivity index (χ3v) is 4.00. The van der Waals surface area contributed by atoms with E-state index >= 15 is 0 Å². The molecule has 0 radical (unpaired) electrons. The monoisotopic (exact) mass is 369 g/mol. The molecule has 2 amide bonds. The molecule has 3 aromatic rings. The van der Waals surface area contributed by atoms with Crippen molar-refractivity contribution >= 4 is 6.03 Å². The van der Waals surface area contributed by atoms with E-state index in [0.29, 0.717) is 17.3 Å². The van der Waals surface area contributed by atoms with Gasteiger partial charge in [-0.25, -0.2) is 9.18 Å². The first-order chi connectivity index (χ1) is 13.0. The Balaban J connectivity index is 1.66. The minimum absolute atomic E-state index is 0.00921. The van der Waals surface area contributed by atoms with Crippen molar-refractivity contribution in [2.75, 3.05) is 0 Å². The highest BCUT2D eigenvalue weighted by atomic mass is 19.1. The second-order valence-corrected chi connectivity index (χ2v) is 6.33. The predicted molar refractivity (Wildman–Crippen MR) is 96.9 cm³/mol. The van der Waals surface area contributed by atoms with Gasteiger partial charge in [0.1, 0.15) is 11.9 Å². The van der Waals surface area contributed by atoms with E-state index in [1.807, 2.05) is 13.8 Å². The Morgan fingerprint density at radius 3 is 2.63 bits per heavy atom. The fourth-order valence-corrected chi connectivity index (χ4v) is 2.50. The Hall–Kier alpha value is -3.29. The molecule has 2 N–H and O–H groups in total. The van der Waals surface area contributed by atoms with Gasteiger partial charge >= 0.3 is 6.03 Å². The number of nitrogens with one attached hydrogen (secondary N) is 2. The summed E-state index contributed by atoms with van der Waals surface area (Å²) < 4.78 is 19.0. The van der Waals surface area contributed by atoms with Crippen molar-refractivity contribution in [2.24, 2.45) is 5.92 Å². The molecule has 27 heavy (non-hydrogen) atoms. The lowest BCUT2D eigenvalue weighted by Crippen LogP contribution is -2.39. The third-order valence-electron chi connectivity index (χ3n) is 4.00. The van der Waals surface area contributed by atoms with Crippen molar-refractivity contribution < 1.29 is 13.7 Å². The van der Waals surface area contributed by atoms with Gasteiger partial charge in [0.15, 0.2) is 0 Å². The summed E-state index contributed by atoms with van der Waals surface area (Å²) in [6.45, 7) is 3.94. The van der Waals surface area contributed by atoms with Gasteiger partial charge < -0.3 is 15.2 Å². The Bertz CT molecular complexity index is 898. The number of halogens is 1. The molecule has 0 saturated heterocycles. The summed E-state index contributed by atoms with van der Waals surface area (Å²) in [5.41, 5.74) is 1.18. The molecule has 3 rings (SSSR count). The Kier molecular flexibility index (Phi) is 5.75. The second kappa shape index (κ2) is 8.39.